The average Bonchev–Trinajstić information content (AvgIpc) is 2.43. The first-order valence-electron chi connectivity index (χ1n) is 6.35. The highest BCUT2D eigenvalue weighted by Gasteiger charge is 2.43. The number of esters is 1. The highest BCUT2D eigenvalue weighted by atomic mass is 16.6. The normalized spacial score (nSPS) is 13.3. The quantitative estimate of drug-likeness (QED) is 0.346. The highest BCUT2D eigenvalue weighted by molar-refractivity contribution is 5.85. The Morgan fingerprint density at radius 2 is 2.05 bits per heavy atom. The number of carbonyl (C=O) groups is 1. The first-order chi connectivity index (χ1) is 9.39. The van der Waals surface area contributed by atoms with Gasteiger partial charge in [0, 0.05) is 11.6 Å². The molecule has 0 N–H and O–H groups in total. The van der Waals surface area contributed by atoms with Gasteiger partial charge in [-0.2, -0.15) is 0 Å². The minimum absolute atomic E-state index is 0.0685. The number of methoxy groups -OCH3 is 1. The van der Waals surface area contributed by atoms with Crippen LogP contribution in [0.4, 0.5) is 5.69 Å². The van der Waals surface area contributed by atoms with Crippen molar-refractivity contribution in [3.8, 4) is 0 Å². The molecule has 1 unspecified atom stereocenters. The average molecular weight is 277 g/mol. The standard InChI is InChI=1S/C15H19NO4/c1-5-15(10-11(2)3,14(17)20-4)12-8-6-7-9-13(12)16(18)19/h6-9H,2,5,10H2,1,3-4H3. The molecule has 0 radical (unpaired) electrons. The molecule has 108 valence electrons. The van der Waals surface area contributed by atoms with Crippen LogP contribution in [0, 0.1) is 10.1 Å². The Kier molecular flexibility index (Phi) is 5.02. The van der Waals surface area contributed by atoms with Crippen LogP contribution in [0.15, 0.2) is 36.4 Å². The summed E-state index contributed by atoms with van der Waals surface area (Å²) in [5.74, 6) is -0.475. The number of ether oxygens (including phenoxy) is 1. The second-order valence-electron chi connectivity index (χ2n) is 4.84. The predicted molar refractivity (Wildman–Crippen MR) is 76.5 cm³/mol. The lowest BCUT2D eigenvalue weighted by molar-refractivity contribution is -0.386. The second-order valence-corrected chi connectivity index (χ2v) is 4.84. The van der Waals surface area contributed by atoms with E-state index in [1.54, 1.807) is 25.1 Å². The van der Waals surface area contributed by atoms with Gasteiger partial charge in [0.2, 0.25) is 0 Å². The van der Waals surface area contributed by atoms with Crippen molar-refractivity contribution in [1.29, 1.82) is 0 Å². The lowest BCUT2D eigenvalue weighted by Crippen LogP contribution is -2.37. The topological polar surface area (TPSA) is 69.4 Å². The van der Waals surface area contributed by atoms with Gasteiger partial charge in [-0.15, -0.1) is 6.58 Å². The maximum absolute atomic E-state index is 12.3. The van der Waals surface area contributed by atoms with Crippen molar-refractivity contribution < 1.29 is 14.5 Å². The largest absolute Gasteiger partial charge is 0.468 e. The Morgan fingerprint density at radius 1 is 1.45 bits per heavy atom. The molecule has 1 atom stereocenters. The molecule has 0 aliphatic heterocycles. The number of hydrogen-bond donors (Lipinski definition) is 0. The number of nitro benzene ring substituents is 1. The van der Waals surface area contributed by atoms with Crippen LogP contribution in [-0.2, 0) is 14.9 Å². The van der Waals surface area contributed by atoms with Gasteiger partial charge in [-0.05, 0) is 19.8 Å². The van der Waals surface area contributed by atoms with Crippen molar-refractivity contribution in [2.45, 2.75) is 32.1 Å². The zero-order valence-electron chi connectivity index (χ0n) is 12.0. The van der Waals surface area contributed by atoms with Crippen LogP contribution in [0.25, 0.3) is 0 Å². The number of nitro groups is 1. The summed E-state index contributed by atoms with van der Waals surface area (Å²) in [6, 6.07) is 6.29. The van der Waals surface area contributed by atoms with E-state index in [0.717, 1.165) is 5.57 Å². The van der Waals surface area contributed by atoms with Gasteiger partial charge in [0.25, 0.3) is 5.69 Å². The third-order valence-corrected chi connectivity index (χ3v) is 3.40. The van der Waals surface area contributed by atoms with Crippen LogP contribution >= 0.6 is 0 Å². The van der Waals surface area contributed by atoms with Crippen LogP contribution in [0.5, 0.6) is 0 Å². The van der Waals surface area contributed by atoms with Crippen molar-refractivity contribution in [2.24, 2.45) is 0 Å². The van der Waals surface area contributed by atoms with Crippen molar-refractivity contribution in [1.82, 2.24) is 0 Å². The summed E-state index contributed by atoms with van der Waals surface area (Å²) in [5.41, 5.74) is 0.0169. The molecule has 0 saturated heterocycles. The molecular formula is C15H19NO4. The fourth-order valence-corrected chi connectivity index (χ4v) is 2.49. The van der Waals surface area contributed by atoms with Crippen molar-refractivity contribution >= 4 is 11.7 Å². The lowest BCUT2D eigenvalue weighted by Gasteiger charge is -2.30. The maximum atomic E-state index is 12.3. The summed E-state index contributed by atoms with van der Waals surface area (Å²) in [6.45, 7) is 7.44. The summed E-state index contributed by atoms with van der Waals surface area (Å²) in [6.07, 6.45) is 0.721. The Bertz CT molecular complexity index is 538. The molecule has 0 fully saturated rings. The van der Waals surface area contributed by atoms with Gasteiger partial charge in [0.15, 0.2) is 0 Å². The summed E-state index contributed by atoms with van der Waals surface area (Å²) >= 11 is 0. The third-order valence-electron chi connectivity index (χ3n) is 3.40. The van der Waals surface area contributed by atoms with E-state index in [1.165, 1.54) is 13.2 Å². The molecule has 0 bridgehead atoms. The van der Waals surface area contributed by atoms with Gasteiger partial charge < -0.3 is 4.74 Å². The summed E-state index contributed by atoms with van der Waals surface area (Å²) < 4.78 is 4.89. The molecule has 5 nitrogen and oxygen atoms in total. The number of nitrogens with zero attached hydrogens (tertiary/aromatic N) is 1. The molecule has 20 heavy (non-hydrogen) atoms. The number of hydrogen-bond acceptors (Lipinski definition) is 4. The molecule has 0 aliphatic rings. The van der Waals surface area contributed by atoms with E-state index in [0.29, 0.717) is 18.4 Å². The smallest absolute Gasteiger partial charge is 0.316 e. The minimum atomic E-state index is -1.07. The van der Waals surface area contributed by atoms with Crippen LogP contribution in [0.1, 0.15) is 32.3 Å². The molecule has 0 heterocycles. The predicted octanol–water partition coefficient (Wildman–Crippen LogP) is 3.38. The summed E-state index contributed by atoms with van der Waals surface area (Å²) in [7, 11) is 1.29. The van der Waals surface area contributed by atoms with Crippen LogP contribution < -0.4 is 0 Å². The Morgan fingerprint density at radius 3 is 2.50 bits per heavy atom. The third kappa shape index (κ3) is 2.87. The van der Waals surface area contributed by atoms with Crippen LogP contribution in [0.2, 0.25) is 0 Å². The van der Waals surface area contributed by atoms with Crippen LogP contribution in [-0.4, -0.2) is 18.0 Å². The molecule has 1 aromatic rings. The van der Waals surface area contributed by atoms with E-state index < -0.39 is 16.3 Å². The zero-order valence-corrected chi connectivity index (χ0v) is 12.0. The first-order valence-corrected chi connectivity index (χ1v) is 6.35. The Labute approximate surface area is 118 Å². The van der Waals surface area contributed by atoms with E-state index in [-0.39, 0.29) is 5.69 Å². The van der Waals surface area contributed by atoms with E-state index in [9.17, 15) is 14.9 Å². The summed E-state index contributed by atoms with van der Waals surface area (Å²) in [4.78, 5) is 23.0. The van der Waals surface area contributed by atoms with E-state index in [1.807, 2.05) is 6.92 Å². The molecule has 0 saturated carbocycles. The molecule has 0 spiro atoms. The number of carbonyl (C=O) groups excluding carboxylic acids is 1. The maximum Gasteiger partial charge on any atom is 0.316 e. The van der Waals surface area contributed by atoms with Gasteiger partial charge >= 0.3 is 5.97 Å². The molecule has 1 rings (SSSR count). The second kappa shape index (κ2) is 6.32. The van der Waals surface area contributed by atoms with Gasteiger partial charge in [-0.25, -0.2) is 0 Å². The molecule has 0 amide bonds. The van der Waals surface area contributed by atoms with Crippen molar-refractivity contribution in [3.05, 3.63) is 52.1 Å². The van der Waals surface area contributed by atoms with Crippen molar-refractivity contribution in [3.63, 3.8) is 0 Å². The van der Waals surface area contributed by atoms with Gasteiger partial charge in [0.05, 0.1) is 12.0 Å². The number of benzene rings is 1. The fourth-order valence-electron chi connectivity index (χ4n) is 2.49. The molecule has 1 aromatic carbocycles. The van der Waals surface area contributed by atoms with E-state index >= 15 is 0 Å². The number of rotatable bonds is 6. The number of allylic oxidation sites excluding steroid dienone is 1. The SMILES string of the molecule is C=C(C)CC(CC)(C(=O)OC)c1ccccc1[N+](=O)[O-]. The van der Waals surface area contributed by atoms with E-state index in [4.69, 9.17) is 4.74 Å². The van der Waals surface area contributed by atoms with Gasteiger partial charge in [0.1, 0.15) is 5.41 Å². The number of para-hydroxylation sites is 1. The molecule has 0 aromatic heterocycles. The summed E-state index contributed by atoms with van der Waals surface area (Å²) in [5, 5.41) is 11.2. The molecule has 0 aliphatic carbocycles. The van der Waals surface area contributed by atoms with Gasteiger partial charge in [-0.3, -0.25) is 14.9 Å². The van der Waals surface area contributed by atoms with Gasteiger partial charge in [-0.1, -0.05) is 30.7 Å². The van der Waals surface area contributed by atoms with Crippen molar-refractivity contribution in [2.75, 3.05) is 7.11 Å². The molecule has 5 heteroatoms. The van der Waals surface area contributed by atoms with E-state index in [2.05, 4.69) is 6.58 Å². The first kappa shape index (κ1) is 15.9. The Balaban J connectivity index is 3.55. The molecular weight excluding hydrogens is 258 g/mol. The minimum Gasteiger partial charge on any atom is -0.468 e. The Hall–Kier alpha value is -2.17. The highest BCUT2D eigenvalue weighted by Crippen LogP contribution is 2.40. The van der Waals surface area contributed by atoms with Crippen LogP contribution in [0.3, 0.4) is 0 Å². The zero-order chi connectivity index (χ0) is 15.3. The lowest BCUT2D eigenvalue weighted by atomic mass is 9.73. The monoisotopic (exact) mass is 277 g/mol. The fraction of sp³-hybridized carbons (Fsp3) is 0.400.